The van der Waals surface area contributed by atoms with E-state index in [1.165, 1.54) is 12.5 Å². The Balaban J connectivity index is 1.44. The maximum Gasteiger partial charge on any atom is 0.257 e. The van der Waals surface area contributed by atoms with Crippen LogP contribution >= 0.6 is 0 Å². The summed E-state index contributed by atoms with van der Waals surface area (Å²) in [4.78, 5) is 18.3. The predicted molar refractivity (Wildman–Crippen MR) is 82.3 cm³/mol. The van der Waals surface area contributed by atoms with Crippen LogP contribution in [0.1, 0.15) is 34.9 Å². The molecule has 8 nitrogen and oxygen atoms in total. The minimum Gasteiger partial charge on any atom is -0.472 e. The lowest BCUT2D eigenvalue weighted by molar-refractivity contribution is 0.00249. The van der Waals surface area contributed by atoms with Crippen molar-refractivity contribution in [2.75, 3.05) is 26.8 Å². The Hall–Kier alpha value is -2.19. The van der Waals surface area contributed by atoms with Crippen molar-refractivity contribution in [1.82, 2.24) is 15.0 Å². The Bertz CT molecular complexity index is 640. The van der Waals surface area contributed by atoms with E-state index in [4.69, 9.17) is 18.4 Å². The minimum atomic E-state index is -0.0144. The smallest absolute Gasteiger partial charge is 0.257 e. The first-order valence-electron chi connectivity index (χ1n) is 7.99. The molecule has 0 saturated carbocycles. The van der Waals surface area contributed by atoms with E-state index in [2.05, 4.69) is 10.1 Å². The number of rotatable bonds is 7. The summed E-state index contributed by atoms with van der Waals surface area (Å²) in [6, 6.07) is 1.68. The summed E-state index contributed by atoms with van der Waals surface area (Å²) in [6.45, 7) is 2.13. The third-order valence-corrected chi connectivity index (χ3v) is 3.89. The van der Waals surface area contributed by atoms with E-state index in [0.29, 0.717) is 43.5 Å². The van der Waals surface area contributed by atoms with Crippen molar-refractivity contribution in [2.45, 2.75) is 32.0 Å². The number of amides is 1. The van der Waals surface area contributed by atoms with Gasteiger partial charge in [-0.2, -0.15) is 4.98 Å². The molecule has 1 saturated heterocycles. The van der Waals surface area contributed by atoms with Gasteiger partial charge in [0.05, 0.1) is 24.5 Å². The highest BCUT2D eigenvalue weighted by molar-refractivity contribution is 5.93. The maximum absolute atomic E-state index is 12.3. The van der Waals surface area contributed by atoms with Crippen LogP contribution in [-0.4, -0.2) is 53.9 Å². The van der Waals surface area contributed by atoms with Crippen molar-refractivity contribution in [3.05, 3.63) is 35.9 Å². The molecule has 130 valence electrons. The standard InChI is InChI=1S/C16H21N3O5/c1-21-11-15-17-14(18-24-15)5-8-23-13-3-2-6-19(9-13)16(20)12-4-7-22-10-12/h4,7,10,13H,2-3,5-6,8-9,11H2,1H3. The molecule has 1 aliphatic heterocycles. The number of carbonyl (C=O) groups is 1. The van der Waals surface area contributed by atoms with E-state index in [0.717, 1.165) is 19.4 Å². The second kappa shape index (κ2) is 8.07. The Kier molecular flexibility index (Phi) is 5.60. The molecule has 0 bridgehead atoms. The number of likely N-dealkylation sites (tertiary alicyclic amines) is 1. The van der Waals surface area contributed by atoms with Gasteiger partial charge in [0, 0.05) is 26.6 Å². The van der Waals surface area contributed by atoms with Gasteiger partial charge in [0.1, 0.15) is 12.9 Å². The van der Waals surface area contributed by atoms with Crippen LogP contribution < -0.4 is 0 Å². The third-order valence-electron chi connectivity index (χ3n) is 3.89. The number of carbonyl (C=O) groups excluding carboxylic acids is 1. The fourth-order valence-corrected chi connectivity index (χ4v) is 2.72. The van der Waals surface area contributed by atoms with Crippen molar-refractivity contribution >= 4 is 5.91 Å². The van der Waals surface area contributed by atoms with Gasteiger partial charge in [-0.3, -0.25) is 4.79 Å². The Morgan fingerprint density at radius 3 is 3.21 bits per heavy atom. The SMILES string of the molecule is COCc1nc(CCOC2CCCN(C(=O)c3ccoc3)C2)no1. The number of furan rings is 1. The van der Waals surface area contributed by atoms with Crippen LogP contribution in [0.3, 0.4) is 0 Å². The molecular formula is C16H21N3O5. The molecule has 1 fully saturated rings. The summed E-state index contributed by atoms with van der Waals surface area (Å²) in [5, 5.41) is 3.87. The molecule has 0 N–H and O–H groups in total. The van der Waals surface area contributed by atoms with Crippen molar-refractivity contribution in [1.29, 1.82) is 0 Å². The van der Waals surface area contributed by atoms with Gasteiger partial charge in [-0.15, -0.1) is 0 Å². The highest BCUT2D eigenvalue weighted by atomic mass is 16.5. The molecule has 0 spiro atoms. The summed E-state index contributed by atoms with van der Waals surface area (Å²) >= 11 is 0. The Labute approximate surface area is 139 Å². The molecule has 0 radical (unpaired) electrons. The monoisotopic (exact) mass is 335 g/mol. The summed E-state index contributed by atoms with van der Waals surface area (Å²) < 4.78 is 20.8. The molecule has 3 rings (SSSR count). The Morgan fingerprint density at radius 2 is 2.42 bits per heavy atom. The van der Waals surface area contributed by atoms with Crippen LogP contribution in [0.25, 0.3) is 0 Å². The molecule has 24 heavy (non-hydrogen) atoms. The first kappa shape index (κ1) is 16.7. The molecule has 0 aliphatic carbocycles. The number of ether oxygens (including phenoxy) is 2. The molecule has 1 amide bonds. The van der Waals surface area contributed by atoms with Crippen LogP contribution in [0.5, 0.6) is 0 Å². The van der Waals surface area contributed by atoms with Gasteiger partial charge in [0.15, 0.2) is 5.82 Å². The van der Waals surface area contributed by atoms with Crippen molar-refractivity contribution in [3.63, 3.8) is 0 Å². The van der Waals surface area contributed by atoms with Crippen LogP contribution in [0.15, 0.2) is 27.5 Å². The zero-order valence-electron chi connectivity index (χ0n) is 13.6. The van der Waals surface area contributed by atoms with Gasteiger partial charge >= 0.3 is 0 Å². The van der Waals surface area contributed by atoms with Gasteiger partial charge < -0.3 is 23.3 Å². The van der Waals surface area contributed by atoms with Crippen LogP contribution in [0.4, 0.5) is 0 Å². The van der Waals surface area contributed by atoms with Crippen molar-refractivity contribution < 1.29 is 23.2 Å². The summed E-state index contributed by atoms with van der Waals surface area (Å²) in [5.41, 5.74) is 0.577. The quantitative estimate of drug-likeness (QED) is 0.760. The average Bonchev–Trinajstić information content (AvgIpc) is 3.27. The summed E-state index contributed by atoms with van der Waals surface area (Å²) in [6.07, 6.45) is 5.44. The number of piperidine rings is 1. The van der Waals surface area contributed by atoms with Gasteiger partial charge in [0.2, 0.25) is 0 Å². The highest BCUT2D eigenvalue weighted by Crippen LogP contribution is 2.16. The second-order valence-electron chi connectivity index (χ2n) is 5.69. The van der Waals surface area contributed by atoms with Gasteiger partial charge in [-0.1, -0.05) is 5.16 Å². The van der Waals surface area contributed by atoms with Crippen LogP contribution in [-0.2, 0) is 22.5 Å². The second-order valence-corrected chi connectivity index (χ2v) is 5.69. The van der Waals surface area contributed by atoms with Crippen LogP contribution in [0, 0.1) is 0 Å². The molecule has 2 aromatic heterocycles. The molecular weight excluding hydrogens is 314 g/mol. The maximum atomic E-state index is 12.3. The average molecular weight is 335 g/mol. The normalized spacial score (nSPS) is 18.0. The highest BCUT2D eigenvalue weighted by Gasteiger charge is 2.25. The van der Waals surface area contributed by atoms with E-state index in [-0.39, 0.29) is 12.0 Å². The number of aromatic nitrogens is 2. The number of hydrogen-bond acceptors (Lipinski definition) is 7. The molecule has 3 heterocycles. The van der Waals surface area contributed by atoms with Crippen molar-refractivity contribution in [3.8, 4) is 0 Å². The zero-order chi connectivity index (χ0) is 16.8. The lowest BCUT2D eigenvalue weighted by Crippen LogP contribution is -2.43. The predicted octanol–water partition coefficient (Wildman–Crippen LogP) is 1.67. The largest absolute Gasteiger partial charge is 0.472 e. The van der Waals surface area contributed by atoms with Gasteiger partial charge in [-0.25, -0.2) is 0 Å². The van der Waals surface area contributed by atoms with E-state index >= 15 is 0 Å². The molecule has 2 aromatic rings. The molecule has 0 aromatic carbocycles. The van der Waals surface area contributed by atoms with Gasteiger partial charge in [-0.05, 0) is 18.9 Å². The first-order valence-corrected chi connectivity index (χ1v) is 7.99. The van der Waals surface area contributed by atoms with Crippen molar-refractivity contribution in [2.24, 2.45) is 0 Å². The van der Waals surface area contributed by atoms with Crippen LogP contribution in [0.2, 0.25) is 0 Å². The van der Waals surface area contributed by atoms with E-state index in [9.17, 15) is 4.79 Å². The number of nitrogens with zero attached hydrogens (tertiary/aromatic N) is 3. The molecule has 8 heteroatoms. The van der Waals surface area contributed by atoms with Gasteiger partial charge in [0.25, 0.3) is 11.8 Å². The molecule has 1 unspecified atom stereocenters. The number of hydrogen-bond donors (Lipinski definition) is 0. The van der Waals surface area contributed by atoms with E-state index < -0.39 is 0 Å². The lowest BCUT2D eigenvalue weighted by atomic mass is 10.1. The fourth-order valence-electron chi connectivity index (χ4n) is 2.72. The number of methoxy groups -OCH3 is 1. The minimum absolute atomic E-state index is 0.0144. The summed E-state index contributed by atoms with van der Waals surface area (Å²) in [7, 11) is 1.58. The zero-order valence-corrected chi connectivity index (χ0v) is 13.6. The molecule has 1 aliphatic rings. The van der Waals surface area contributed by atoms with E-state index in [1.54, 1.807) is 13.2 Å². The summed E-state index contributed by atoms with van der Waals surface area (Å²) in [5.74, 6) is 1.05. The lowest BCUT2D eigenvalue weighted by Gasteiger charge is -2.32. The Morgan fingerprint density at radius 1 is 1.50 bits per heavy atom. The topological polar surface area (TPSA) is 90.8 Å². The first-order chi connectivity index (χ1) is 11.8. The van der Waals surface area contributed by atoms with E-state index in [1.807, 2.05) is 4.90 Å². The molecule has 1 atom stereocenters. The fraction of sp³-hybridized carbons (Fsp3) is 0.562. The third kappa shape index (κ3) is 4.21.